The molecule has 0 aromatic carbocycles. The molecule has 1 atom stereocenters. The predicted molar refractivity (Wildman–Crippen MR) is 62.7 cm³/mol. The molecule has 1 aromatic heterocycles. The van der Waals surface area contributed by atoms with E-state index in [1.54, 1.807) is 9.13 Å². The van der Waals surface area contributed by atoms with E-state index in [4.69, 9.17) is 4.74 Å². The molecule has 1 unspecified atom stereocenters. The molecule has 1 aliphatic heterocycles. The Morgan fingerprint density at radius 1 is 1.44 bits per heavy atom. The zero-order valence-corrected chi connectivity index (χ0v) is 10.1. The highest BCUT2D eigenvalue weighted by molar-refractivity contribution is 4.85. The maximum atomic E-state index is 12.0. The fraction of sp³-hybridized carbons (Fsp3) is 0.750. The quantitative estimate of drug-likeness (QED) is 0.785. The van der Waals surface area contributed by atoms with Crippen LogP contribution in [0.3, 0.4) is 0 Å². The number of ether oxygens (including phenoxy) is 1. The zero-order chi connectivity index (χ0) is 11.5. The van der Waals surface area contributed by atoms with Crippen molar-refractivity contribution in [1.29, 1.82) is 0 Å². The van der Waals surface area contributed by atoms with Gasteiger partial charge in [0.1, 0.15) is 0 Å². The van der Waals surface area contributed by atoms with Gasteiger partial charge >= 0.3 is 5.69 Å². The minimum Gasteiger partial charge on any atom is -0.376 e. The van der Waals surface area contributed by atoms with Gasteiger partial charge < -0.3 is 4.74 Å². The van der Waals surface area contributed by atoms with Crippen molar-refractivity contribution in [2.24, 2.45) is 0 Å². The van der Waals surface area contributed by atoms with Crippen LogP contribution < -0.4 is 5.69 Å². The fourth-order valence-corrected chi connectivity index (χ4v) is 2.13. The molecular formula is C12H20N2O2. The molecule has 16 heavy (non-hydrogen) atoms. The summed E-state index contributed by atoms with van der Waals surface area (Å²) < 4.78 is 9.15. The summed E-state index contributed by atoms with van der Waals surface area (Å²) >= 11 is 0. The molecule has 4 heteroatoms. The van der Waals surface area contributed by atoms with Crippen LogP contribution in [-0.4, -0.2) is 21.8 Å². The lowest BCUT2D eigenvalue weighted by atomic mass is 10.1. The van der Waals surface area contributed by atoms with Gasteiger partial charge in [0.15, 0.2) is 0 Å². The molecule has 1 aliphatic rings. The van der Waals surface area contributed by atoms with Crippen LogP contribution in [0.25, 0.3) is 0 Å². The average Bonchev–Trinajstić information content (AvgIpc) is 2.62. The van der Waals surface area contributed by atoms with E-state index in [0.717, 1.165) is 19.4 Å². The minimum absolute atomic E-state index is 0.0733. The lowest BCUT2D eigenvalue weighted by Crippen LogP contribution is -2.31. The van der Waals surface area contributed by atoms with Crippen molar-refractivity contribution in [1.82, 2.24) is 9.13 Å². The molecule has 0 N–H and O–H groups in total. The van der Waals surface area contributed by atoms with Crippen LogP contribution in [0, 0.1) is 0 Å². The standard InChI is InChI=1S/C12H20N2O2/c1-10(2)14-7-6-13(12(14)15)9-11-5-3-4-8-16-11/h6-7,10-11H,3-5,8-9H2,1-2H3. The molecule has 2 heterocycles. The highest BCUT2D eigenvalue weighted by Crippen LogP contribution is 2.13. The summed E-state index contributed by atoms with van der Waals surface area (Å²) in [6.45, 7) is 5.56. The molecule has 0 bridgehead atoms. The summed E-state index contributed by atoms with van der Waals surface area (Å²) in [5.74, 6) is 0. The van der Waals surface area contributed by atoms with Crippen LogP contribution in [0.4, 0.5) is 0 Å². The second kappa shape index (κ2) is 4.87. The second-order valence-corrected chi connectivity index (χ2v) is 4.72. The Morgan fingerprint density at radius 3 is 2.81 bits per heavy atom. The third-order valence-corrected chi connectivity index (χ3v) is 3.10. The summed E-state index contributed by atoms with van der Waals surface area (Å²) in [4.78, 5) is 12.0. The van der Waals surface area contributed by atoms with E-state index >= 15 is 0 Å². The topological polar surface area (TPSA) is 36.2 Å². The Morgan fingerprint density at radius 2 is 2.25 bits per heavy atom. The van der Waals surface area contributed by atoms with Gasteiger partial charge in [-0.2, -0.15) is 0 Å². The SMILES string of the molecule is CC(C)n1ccn(CC2CCCCO2)c1=O. The van der Waals surface area contributed by atoms with E-state index in [1.807, 2.05) is 26.2 Å². The molecular weight excluding hydrogens is 204 g/mol. The van der Waals surface area contributed by atoms with Crippen LogP contribution in [-0.2, 0) is 11.3 Å². The summed E-state index contributed by atoms with van der Waals surface area (Å²) in [7, 11) is 0. The van der Waals surface area contributed by atoms with E-state index in [0.29, 0.717) is 6.54 Å². The van der Waals surface area contributed by atoms with E-state index in [1.165, 1.54) is 6.42 Å². The number of hydrogen-bond donors (Lipinski definition) is 0. The second-order valence-electron chi connectivity index (χ2n) is 4.72. The molecule has 0 saturated carbocycles. The fourth-order valence-electron chi connectivity index (χ4n) is 2.13. The summed E-state index contributed by atoms with van der Waals surface area (Å²) in [6.07, 6.45) is 7.37. The van der Waals surface area contributed by atoms with Gasteiger partial charge in [-0.15, -0.1) is 0 Å². The van der Waals surface area contributed by atoms with Crippen LogP contribution in [0.15, 0.2) is 17.2 Å². The highest BCUT2D eigenvalue weighted by Gasteiger charge is 2.16. The molecule has 1 aromatic rings. The third kappa shape index (κ3) is 2.38. The van der Waals surface area contributed by atoms with Crippen molar-refractivity contribution >= 4 is 0 Å². The van der Waals surface area contributed by atoms with Crippen LogP contribution in [0.1, 0.15) is 39.2 Å². The molecule has 1 saturated heterocycles. The Kier molecular flexibility index (Phi) is 3.49. The smallest absolute Gasteiger partial charge is 0.328 e. The number of nitrogens with zero attached hydrogens (tertiary/aromatic N) is 2. The monoisotopic (exact) mass is 224 g/mol. The number of rotatable bonds is 3. The Bertz CT molecular complexity index is 386. The van der Waals surface area contributed by atoms with Gasteiger partial charge in [-0.05, 0) is 33.1 Å². The van der Waals surface area contributed by atoms with Crippen molar-refractivity contribution in [2.75, 3.05) is 6.61 Å². The van der Waals surface area contributed by atoms with Crippen molar-refractivity contribution in [2.45, 2.75) is 51.8 Å². The summed E-state index contributed by atoms with van der Waals surface area (Å²) in [5, 5.41) is 0. The van der Waals surface area contributed by atoms with Crippen LogP contribution in [0.5, 0.6) is 0 Å². The Hall–Kier alpha value is -1.03. The van der Waals surface area contributed by atoms with Crippen molar-refractivity contribution < 1.29 is 4.74 Å². The minimum atomic E-state index is 0.0733. The Balaban J connectivity index is 2.06. The lowest BCUT2D eigenvalue weighted by molar-refractivity contribution is 0.00535. The lowest BCUT2D eigenvalue weighted by Gasteiger charge is -2.22. The zero-order valence-electron chi connectivity index (χ0n) is 10.1. The Labute approximate surface area is 95.8 Å². The van der Waals surface area contributed by atoms with Gasteiger partial charge in [0.2, 0.25) is 0 Å². The first-order chi connectivity index (χ1) is 7.68. The maximum absolute atomic E-state index is 12.0. The van der Waals surface area contributed by atoms with E-state index in [9.17, 15) is 4.79 Å². The number of hydrogen-bond acceptors (Lipinski definition) is 2. The molecule has 4 nitrogen and oxygen atoms in total. The molecule has 0 amide bonds. The van der Waals surface area contributed by atoms with Gasteiger partial charge in [-0.1, -0.05) is 0 Å². The molecule has 0 radical (unpaired) electrons. The summed E-state index contributed by atoms with van der Waals surface area (Å²) in [6, 6.07) is 0.223. The van der Waals surface area contributed by atoms with E-state index < -0.39 is 0 Å². The normalized spacial score (nSPS) is 21.6. The van der Waals surface area contributed by atoms with Gasteiger partial charge in [0.05, 0.1) is 12.6 Å². The van der Waals surface area contributed by atoms with Crippen molar-refractivity contribution in [3.8, 4) is 0 Å². The van der Waals surface area contributed by atoms with Gasteiger partial charge in [-0.3, -0.25) is 9.13 Å². The van der Waals surface area contributed by atoms with Gasteiger partial charge in [0.25, 0.3) is 0 Å². The first-order valence-corrected chi connectivity index (χ1v) is 6.07. The van der Waals surface area contributed by atoms with Crippen molar-refractivity contribution in [3.63, 3.8) is 0 Å². The third-order valence-electron chi connectivity index (χ3n) is 3.10. The highest BCUT2D eigenvalue weighted by atomic mass is 16.5. The largest absolute Gasteiger partial charge is 0.376 e. The number of aromatic nitrogens is 2. The predicted octanol–water partition coefficient (Wildman–Crippen LogP) is 1.80. The van der Waals surface area contributed by atoms with Crippen LogP contribution in [0.2, 0.25) is 0 Å². The van der Waals surface area contributed by atoms with E-state index in [2.05, 4.69) is 0 Å². The van der Waals surface area contributed by atoms with E-state index in [-0.39, 0.29) is 17.8 Å². The molecule has 2 rings (SSSR count). The molecule has 1 fully saturated rings. The molecule has 90 valence electrons. The molecule has 0 aliphatic carbocycles. The number of imidazole rings is 1. The van der Waals surface area contributed by atoms with Gasteiger partial charge in [0, 0.05) is 25.0 Å². The average molecular weight is 224 g/mol. The van der Waals surface area contributed by atoms with Crippen molar-refractivity contribution in [3.05, 3.63) is 22.9 Å². The first kappa shape index (κ1) is 11.5. The maximum Gasteiger partial charge on any atom is 0.328 e. The summed E-state index contributed by atoms with van der Waals surface area (Å²) in [5.41, 5.74) is 0.0733. The first-order valence-electron chi connectivity index (χ1n) is 6.07. The van der Waals surface area contributed by atoms with Crippen LogP contribution >= 0.6 is 0 Å². The van der Waals surface area contributed by atoms with Gasteiger partial charge in [-0.25, -0.2) is 4.79 Å². The molecule has 0 spiro atoms.